The lowest BCUT2D eigenvalue weighted by Gasteiger charge is -2.26. The Kier molecular flexibility index (Phi) is 9.91. The predicted molar refractivity (Wildman–Crippen MR) is 163 cm³/mol. The molecule has 0 atom stereocenters. The average molecular weight is 614 g/mol. The van der Waals surface area contributed by atoms with E-state index in [9.17, 15) is 18.0 Å². The zero-order valence-corrected chi connectivity index (χ0v) is 25.0. The first kappa shape index (κ1) is 30.4. The molecule has 0 aliphatic rings. The summed E-state index contributed by atoms with van der Waals surface area (Å²) in [6, 6.07) is 23.8. The summed E-state index contributed by atoms with van der Waals surface area (Å²) >= 11 is 12.3. The fourth-order valence-electron chi connectivity index (χ4n) is 4.37. The molecule has 0 radical (unpaired) electrons. The summed E-state index contributed by atoms with van der Waals surface area (Å²) in [5.41, 5.74) is 1.37. The smallest absolute Gasteiger partial charge is 0.326 e. The average Bonchev–Trinajstić information content (AvgIpc) is 2.95. The van der Waals surface area contributed by atoms with Crippen LogP contribution < -0.4 is 4.31 Å². The van der Waals surface area contributed by atoms with Crippen LogP contribution in [0.25, 0.3) is 10.8 Å². The zero-order valence-electron chi connectivity index (χ0n) is 22.7. The van der Waals surface area contributed by atoms with Crippen molar-refractivity contribution in [2.45, 2.75) is 31.2 Å². The Bertz CT molecular complexity index is 1640. The van der Waals surface area contributed by atoms with E-state index in [1.807, 2.05) is 37.3 Å². The maximum absolute atomic E-state index is 14.1. The van der Waals surface area contributed by atoms with Crippen molar-refractivity contribution in [3.63, 3.8) is 0 Å². The SMILES string of the molecule is CCCCOC(=O)CN(c1cc(C(=O)N(C)Cc2ccccc2)cc2ccccc12)S(=O)(=O)c1cc(Cl)cc(Cl)c1. The van der Waals surface area contributed by atoms with E-state index in [4.69, 9.17) is 27.9 Å². The van der Waals surface area contributed by atoms with Gasteiger partial charge in [-0.1, -0.05) is 91.1 Å². The van der Waals surface area contributed by atoms with E-state index in [2.05, 4.69) is 0 Å². The van der Waals surface area contributed by atoms with E-state index in [0.717, 1.165) is 16.3 Å². The Morgan fingerprint density at radius 3 is 2.22 bits per heavy atom. The number of fused-ring (bicyclic) bond motifs is 1. The van der Waals surface area contributed by atoms with Crippen LogP contribution >= 0.6 is 23.2 Å². The fourth-order valence-corrected chi connectivity index (χ4v) is 6.51. The second-order valence-electron chi connectivity index (χ2n) is 9.55. The minimum Gasteiger partial charge on any atom is -0.464 e. The van der Waals surface area contributed by atoms with Gasteiger partial charge in [0.05, 0.1) is 17.2 Å². The van der Waals surface area contributed by atoms with Crippen molar-refractivity contribution in [2.75, 3.05) is 24.5 Å². The van der Waals surface area contributed by atoms with E-state index < -0.39 is 22.5 Å². The molecule has 4 aromatic rings. The third-order valence-electron chi connectivity index (χ3n) is 6.42. The Balaban J connectivity index is 1.84. The van der Waals surface area contributed by atoms with Crippen molar-refractivity contribution in [3.8, 4) is 0 Å². The molecule has 4 aromatic carbocycles. The minimum absolute atomic E-state index is 0.123. The summed E-state index contributed by atoms with van der Waals surface area (Å²) < 4.78 is 34.5. The molecule has 0 fully saturated rings. The predicted octanol–water partition coefficient (Wildman–Crippen LogP) is 6.96. The third-order valence-corrected chi connectivity index (χ3v) is 8.60. The molecule has 10 heteroatoms. The molecule has 0 aliphatic heterocycles. The highest BCUT2D eigenvalue weighted by atomic mass is 35.5. The van der Waals surface area contributed by atoms with Gasteiger partial charge in [-0.05, 0) is 47.7 Å². The maximum atomic E-state index is 14.1. The Morgan fingerprint density at radius 2 is 1.54 bits per heavy atom. The van der Waals surface area contributed by atoms with Gasteiger partial charge in [0.1, 0.15) is 6.54 Å². The standard InChI is InChI=1S/C31H30Cl2N2O5S/c1-3-4-14-40-30(36)21-35(41(38,39)27-18-25(32)17-26(33)19-27)29-16-24(15-23-12-8-9-13-28(23)29)31(37)34(2)20-22-10-6-5-7-11-22/h5-13,15-19H,3-4,14,20-21H2,1-2H3. The number of hydrogen-bond donors (Lipinski definition) is 0. The second kappa shape index (κ2) is 13.4. The maximum Gasteiger partial charge on any atom is 0.326 e. The zero-order chi connectivity index (χ0) is 29.6. The summed E-state index contributed by atoms with van der Waals surface area (Å²) in [5, 5.41) is 1.41. The van der Waals surface area contributed by atoms with E-state index >= 15 is 0 Å². The van der Waals surface area contributed by atoms with Gasteiger partial charge in [-0.15, -0.1) is 0 Å². The molecule has 0 spiro atoms. The number of nitrogens with zero attached hydrogens (tertiary/aromatic N) is 2. The van der Waals surface area contributed by atoms with E-state index in [0.29, 0.717) is 23.7 Å². The van der Waals surface area contributed by atoms with E-state index in [1.54, 1.807) is 42.3 Å². The molecule has 4 rings (SSSR count). The number of sulfonamides is 1. The van der Waals surface area contributed by atoms with Crippen LogP contribution in [0.2, 0.25) is 10.0 Å². The molecule has 7 nitrogen and oxygen atoms in total. The van der Waals surface area contributed by atoms with E-state index in [-0.39, 0.29) is 38.7 Å². The van der Waals surface area contributed by atoms with Gasteiger partial charge in [-0.25, -0.2) is 8.42 Å². The van der Waals surface area contributed by atoms with Crippen molar-refractivity contribution in [3.05, 3.63) is 106 Å². The molecule has 0 heterocycles. The number of amides is 1. The summed E-state index contributed by atoms with van der Waals surface area (Å²) in [7, 11) is -2.71. The first-order valence-electron chi connectivity index (χ1n) is 13.1. The quantitative estimate of drug-likeness (QED) is 0.135. The largest absolute Gasteiger partial charge is 0.464 e. The molecule has 0 saturated heterocycles. The van der Waals surface area contributed by atoms with Crippen LogP contribution in [0.15, 0.2) is 89.8 Å². The van der Waals surface area contributed by atoms with Gasteiger partial charge in [-0.3, -0.25) is 13.9 Å². The summed E-state index contributed by atoms with van der Waals surface area (Å²) in [5.74, 6) is -1.04. The van der Waals surface area contributed by atoms with Crippen LogP contribution in [0.5, 0.6) is 0 Å². The lowest BCUT2D eigenvalue weighted by molar-refractivity contribution is -0.141. The molecule has 0 unspecified atom stereocenters. The molecule has 0 N–H and O–H groups in total. The van der Waals surface area contributed by atoms with Crippen LogP contribution in [-0.4, -0.2) is 45.4 Å². The van der Waals surface area contributed by atoms with Gasteiger partial charge < -0.3 is 9.64 Å². The fraction of sp³-hybridized carbons (Fsp3) is 0.226. The number of carbonyl (C=O) groups excluding carboxylic acids is 2. The van der Waals surface area contributed by atoms with Gasteiger partial charge in [0.2, 0.25) is 0 Å². The number of unbranched alkanes of at least 4 members (excludes halogenated alkanes) is 1. The minimum atomic E-state index is -4.39. The highest BCUT2D eigenvalue weighted by Gasteiger charge is 2.31. The number of carbonyl (C=O) groups is 2. The van der Waals surface area contributed by atoms with E-state index in [1.165, 1.54) is 24.3 Å². The lowest BCUT2D eigenvalue weighted by atomic mass is 10.0. The Morgan fingerprint density at radius 1 is 0.878 bits per heavy atom. The van der Waals surface area contributed by atoms with Crippen molar-refractivity contribution >= 4 is 61.6 Å². The number of esters is 1. The van der Waals surface area contributed by atoms with Gasteiger partial charge in [0.25, 0.3) is 15.9 Å². The number of hydrogen-bond acceptors (Lipinski definition) is 5. The van der Waals surface area contributed by atoms with Crippen LogP contribution in [0.4, 0.5) is 5.69 Å². The molecule has 0 aliphatic carbocycles. The van der Waals surface area contributed by atoms with Crippen molar-refractivity contribution < 1.29 is 22.7 Å². The number of ether oxygens (including phenoxy) is 1. The number of rotatable bonds is 11. The van der Waals surface area contributed by atoms with Crippen LogP contribution in [0.3, 0.4) is 0 Å². The highest BCUT2D eigenvalue weighted by Crippen LogP contribution is 2.34. The molecule has 0 aromatic heterocycles. The first-order valence-corrected chi connectivity index (χ1v) is 15.3. The second-order valence-corrected chi connectivity index (χ2v) is 12.3. The van der Waals surface area contributed by atoms with Gasteiger partial charge >= 0.3 is 5.97 Å². The number of benzene rings is 4. The normalized spacial score (nSPS) is 11.3. The summed E-state index contributed by atoms with van der Waals surface area (Å²) in [6.07, 6.45) is 1.45. The Hall–Kier alpha value is -3.59. The van der Waals surface area contributed by atoms with Crippen LogP contribution in [0.1, 0.15) is 35.7 Å². The van der Waals surface area contributed by atoms with Crippen molar-refractivity contribution in [1.29, 1.82) is 0 Å². The molecule has 214 valence electrons. The lowest BCUT2D eigenvalue weighted by Crippen LogP contribution is -2.37. The van der Waals surface area contributed by atoms with Crippen LogP contribution in [0, 0.1) is 0 Å². The third kappa shape index (κ3) is 7.38. The van der Waals surface area contributed by atoms with Crippen molar-refractivity contribution in [2.24, 2.45) is 0 Å². The topological polar surface area (TPSA) is 84.0 Å². The Labute approximate surface area is 250 Å². The number of anilines is 1. The van der Waals surface area contributed by atoms with Gasteiger partial charge in [-0.2, -0.15) is 0 Å². The molecule has 0 saturated carbocycles. The molecule has 1 amide bonds. The molecule has 0 bridgehead atoms. The van der Waals surface area contributed by atoms with Crippen molar-refractivity contribution in [1.82, 2.24) is 4.90 Å². The summed E-state index contributed by atoms with van der Waals surface area (Å²) in [6.45, 7) is 1.86. The molecule has 41 heavy (non-hydrogen) atoms. The van der Waals surface area contributed by atoms with Gasteiger partial charge in [0, 0.05) is 34.6 Å². The highest BCUT2D eigenvalue weighted by molar-refractivity contribution is 7.93. The number of halogens is 2. The molecular weight excluding hydrogens is 583 g/mol. The van der Waals surface area contributed by atoms with Gasteiger partial charge in [0.15, 0.2) is 0 Å². The molecular formula is C31H30Cl2N2O5S. The monoisotopic (exact) mass is 612 g/mol. The summed E-state index contributed by atoms with van der Waals surface area (Å²) in [4.78, 5) is 27.9. The van der Waals surface area contributed by atoms with Crippen LogP contribution in [-0.2, 0) is 26.1 Å². The first-order chi connectivity index (χ1) is 19.6.